The second kappa shape index (κ2) is 6.39. The van der Waals surface area contributed by atoms with Crippen LogP contribution in [0.15, 0.2) is 42.5 Å². The van der Waals surface area contributed by atoms with Crippen molar-refractivity contribution >= 4 is 11.4 Å². The molecule has 1 atom stereocenters. The molecule has 0 aliphatic carbocycles. The molecule has 2 aromatic rings. The Bertz CT molecular complexity index is 639. The highest BCUT2D eigenvalue weighted by Crippen LogP contribution is 2.29. The van der Waals surface area contributed by atoms with Gasteiger partial charge in [0.2, 0.25) is 0 Å². The van der Waals surface area contributed by atoms with Gasteiger partial charge in [0.05, 0.1) is 11.0 Å². The average molecular weight is 284 g/mol. The molecule has 0 aliphatic rings. The topological polar surface area (TPSA) is 55.2 Å². The molecule has 0 bridgehead atoms. The first kappa shape index (κ1) is 15.0. The first-order chi connectivity index (χ1) is 10.0. The smallest absolute Gasteiger partial charge is 0.272 e. The molecule has 4 nitrogen and oxygen atoms in total. The van der Waals surface area contributed by atoms with E-state index >= 15 is 0 Å². The highest BCUT2D eigenvalue weighted by Gasteiger charge is 2.15. The van der Waals surface area contributed by atoms with Gasteiger partial charge in [-0.25, -0.2) is 0 Å². The van der Waals surface area contributed by atoms with Crippen LogP contribution in [0.1, 0.15) is 36.1 Å². The number of nitro benzene ring substituents is 1. The Hall–Kier alpha value is -2.36. The lowest BCUT2D eigenvalue weighted by Gasteiger charge is -2.20. The maximum atomic E-state index is 11.0. The van der Waals surface area contributed by atoms with Crippen molar-refractivity contribution in [3.05, 3.63) is 69.3 Å². The van der Waals surface area contributed by atoms with Crippen molar-refractivity contribution in [3.63, 3.8) is 0 Å². The third-order valence-corrected chi connectivity index (χ3v) is 3.68. The normalized spacial score (nSPS) is 12.0. The van der Waals surface area contributed by atoms with Gasteiger partial charge < -0.3 is 5.32 Å². The molecule has 0 saturated heterocycles. The highest BCUT2D eigenvalue weighted by molar-refractivity contribution is 5.60. The van der Waals surface area contributed by atoms with Crippen molar-refractivity contribution in [1.82, 2.24) is 0 Å². The molecule has 0 saturated carbocycles. The molecule has 4 heteroatoms. The Labute approximate surface area is 125 Å². The van der Waals surface area contributed by atoms with Gasteiger partial charge >= 0.3 is 0 Å². The van der Waals surface area contributed by atoms with Crippen LogP contribution in [0.5, 0.6) is 0 Å². The van der Waals surface area contributed by atoms with Gasteiger partial charge in [0.15, 0.2) is 0 Å². The lowest BCUT2D eigenvalue weighted by Crippen LogP contribution is -2.11. The summed E-state index contributed by atoms with van der Waals surface area (Å²) < 4.78 is 0. The van der Waals surface area contributed by atoms with Crippen LogP contribution >= 0.6 is 0 Å². The van der Waals surface area contributed by atoms with Crippen molar-refractivity contribution in [2.45, 2.75) is 33.2 Å². The zero-order valence-electron chi connectivity index (χ0n) is 12.6. The molecule has 0 aliphatic heterocycles. The van der Waals surface area contributed by atoms with Crippen LogP contribution in [-0.4, -0.2) is 4.92 Å². The van der Waals surface area contributed by atoms with Gasteiger partial charge in [0.1, 0.15) is 0 Å². The van der Waals surface area contributed by atoms with E-state index < -0.39 is 0 Å². The first-order valence-electron chi connectivity index (χ1n) is 7.10. The second-order valence-electron chi connectivity index (χ2n) is 5.23. The second-order valence-corrected chi connectivity index (χ2v) is 5.23. The molecule has 2 rings (SSSR count). The van der Waals surface area contributed by atoms with Crippen molar-refractivity contribution in [3.8, 4) is 0 Å². The number of aryl methyl sites for hydroxylation is 2. The van der Waals surface area contributed by atoms with Crippen LogP contribution in [0.4, 0.5) is 11.4 Å². The predicted octanol–water partition coefficient (Wildman–Crippen LogP) is 4.77. The average Bonchev–Trinajstić information content (AvgIpc) is 2.48. The molecule has 21 heavy (non-hydrogen) atoms. The number of nitrogens with one attached hydrogen (secondary N) is 1. The minimum absolute atomic E-state index is 0.172. The number of rotatable bonds is 5. The lowest BCUT2D eigenvalue weighted by atomic mass is 10.0. The monoisotopic (exact) mass is 284 g/mol. The molecular formula is C17H20N2O2. The Balaban J connectivity index is 2.30. The fourth-order valence-electron chi connectivity index (χ4n) is 2.45. The summed E-state index contributed by atoms with van der Waals surface area (Å²) in [5, 5.41) is 14.5. The van der Waals surface area contributed by atoms with E-state index in [0.29, 0.717) is 5.56 Å². The number of nitrogens with zero attached hydrogens (tertiary/aromatic N) is 1. The number of benzene rings is 2. The van der Waals surface area contributed by atoms with E-state index in [2.05, 4.69) is 24.4 Å². The maximum Gasteiger partial charge on any atom is 0.272 e. The fraction of sp³-hybridized carbons (Fsp3) is 0.294. The number of anilines is 1. The Morgan fingerprint density at radius 2 is 1.81 bits per heavy atom. The minimum atomic E-state index is -0.333. The molecule has 0 amide bonds. The van der Waals surface area contributed by atoms with Crippen molar-refractivity contribution in [1.29, 1.82) is 0 Å². The van der Waals surface area contributed by atoms with Gasteiger partial charge in [0.25, 0.3) is 5.69 Å². The van der Waals surface area contributed by atoms with Crippen LogP contribution in [-0.2, 0) is 0 Å². The summed E-state index contributed by atoms with van der Waals surface area (Å²) in [6.45, 7) is 5.79. The summed E-state index contributed by atoms with van der Waals surface area (Å²) in [6, 6.07) is 13.9. The quantitative estimate of drug-likeness (QED) is 0.635. The third-order valence-electron chi connectivity index (χ3n) is 3.68. The Kier molecular flexibility index (Phi) is 4.58. The van der Waals surface area contributed by atoms with Gasteiger partial charge in [-0.2, -0.15) is 0 Å². The number of hydrogen-bond acceptors (Lipinski definition) is 3. The summed E-state index contributed by atoms with van der Waals surface area (Å²) in [4.78, 5) is 10.6. The fourth-order valence-corrected chi connectivity index (χ4v) is 2.45. The number of hydrogen-bond donors (Lipinski definition) is 1. The molecule has 0 heterocycles. The molecule has 1 N–H and O–H groups in total. The summed E-state index contributed by atoms with van der Waals surface area (Å²) in [7, 11) is 0. The van der Waals surface area contributed by atoms with Crippen LogP contribution in [0, 0.1) is 24.0 Å². The lowest BCUT2D eigenvalue weighted by molar-refractivity contribution is -0.385. The Morgan fingerprint density at radius 3 is 2.38 bits per heavy atom. The van der Waals surface area contributed by atoms with Gasteiger partial charge in [0, 0.05) is 17.3 Å². The summed E-state index contributed by atoms with van der Waals surface area (Å²) >= 11 is 0. The molecule has 0 aromatic heterocycles. The van der Waals surface area contributed by atoms with Crippen LogP contribution < -0.4 is 5.32 Å². The van der Waals surface area contributed by atoms with Gasteiger partial charge in [-0.1, -0.05) is 37.3 Å². The summed E-state index contributed by atoms with van der Waals surface area (Å²) in [5.74, 6) is 0. The van der Waals surface area contributed by atoms with E-state index in [0.717, 1.165) is 17.7 Å². The van der Waals surface area contributed by atoms with Gasteiger partial charge in [-0.15, -0.1) is 0 Å². The molecule has 0 fully saturated rings. The van der Waals surface area contributed by atoms with Crippen molar-refractivity contribution in [2.24, 2.45) is 0 Å². The van der Waals surface area contributed by atoms with E-state index in [4.69, 9.17) is 0 Å². The van der Waals surface area contributed by atoms with E-state index in [1.54, 1.807) is 13.0 Å². The van der Waals surface area contributed by atoms with Crippen molar-refractivity contribution < 1.29 is 4.92 Å². The first-order valence-corrected chi connectivity index (χ1v) is 7.10. The SMILES string of the molecule is CCC(Nc1cc(C)c([N+](=O)[O-])cc1C)c1ccccc1. The molecule has 0 spiro atoms. The predicted molar refractivity (Wildman–Crippen MR) is 85.7 cm³/mol. The van der Waals surface area contributed by atoms with Crippen LogP contribution in [0.3, 0.4) is 0 Å². The number of nitro groups is 1. The maximum absolute atomic E-state index is 11.0. The third kappa shape index (κ3) is 3.40. The van der Waals surface area contributed by atoms with E-state index in [1.165, 1.54) is 5.56 Å². The highest BCUT2D eigenvalue weighted by atomic mass is 16.6. The standard InChI is InChI=1S/C17H20N2O2/c1-4-15(14-8-6-5-7-9-14)18-16-10-13(3)17(19(20)21)11-12(16)2/h5-11,15,18H,4H2,1-3H3. The van der Waals surface area contributed by atoms with Gasteiger partial charge in [-0.05, 0) is 37.5 Å². The molecule has 2 aromatic carbocycles. The largest absolute Gasteiger partial charge is 0.378 e. The summed E-state index contributed by atoms with van der Waals surface area (Å²) in [6.07, 6.45) is 0.944. The Morgan fingerprint density at radius 1 is 1.14 bits per heavy atom. The zero-order valence-corrected chi connectivity index (χ0v) is 12.6. The molecule has 110 valence electrons. The van der Waals surface area contributed by atoms with Gasteiger partial charge in [-0.3, -0.25) is 10.1 Å². The van der Waals surface area contributed by atoms with Crippen LogP contribution in [0.2, 0.25) is 0 Å². The van der Waals surface area contributed by atoms with Crippen LogP contribution in [0.25, 0.3) is 0 Å². The zero-order chi connectivity index (χ0) is 15.4. The van der Waals surface area contributed by atoms with E-state index in [1.807, 2.05) is 31.2 Å². The molecule has 0 radical (unpaired) electrons. The van der Waals surface area contributed by atoms with E-state index in [-0.39, 0.29) is 16.7 Å². The van der Waals surface area contributed by atoms with Crippen molar-refractivity contribution in [2.75, 3.05) is 5.32 Å². The summed E-state index contributed by atoms with van der Waals surface area (Å²) in [5.41, 5.74) is 3.91. The molecule has 1 unspecified atom stereocenters. The minimum Gasteiger partial charge on any atom is -0.378 e. The molecular weight excluding hydrogens is 264 g/mol. The van der Waals surface area contributed by atoms with E-state index in [9.17, 15) is 10.1 Å².